The number of anilines is 1. The Bertz CT molecular complexity index is 791. The Morgan fingerprint density at radius 2 is 1.81 bits per heavy atom. The third-order valence-corrected chi connectivity index (χ3v) is 3.61. The summed E-state index contributed by atoms with van der Waals surface area (Å²) in [4.78, 5) is 8.50. The highest BCUT2D eigenvalue weighted by molar-refractivity contribution is 6.31. The summed E-state index contributed by atoms with van der Waals surface area (Å²) in [7, 11) is 0. The first-order chi connectivity index (χ1) is 10.1. The molecule has 0 amide bonds. The van der Waals surface area contributed by atoms with E-state index in [0.717, 1.165) is 22.3 Å². The zero-order chi connectivity index (χ0) is 14.8. The van der Waals surface area contributed by atoms with Gasteiger partial charge in [0.2, 0.25) is 0 Å². The second-order valence-corrected chi connectivity index (χ2v) is 5.20. The molecule has 0 radical (unpaired) electrons. The molecule has 3 aromatic rings. The summed E-state index contributed by atoms with van der Waals surface area (Å²) < 4.78 is 13.1. The predicted octanol–water partition coefficient (Wildman–Crippen LogP) is 4.60. The van der Waals surface area contributed by atoms with Crippen molar-refractivity contribution in [3.05, 3.63) is 65.2 Å². The Morgan fingerprint density at radius 3 is 2.57 bits per heavy atom. The fourth-order valence-electron chi connectivity index (χ4n) is 2.23. The number of fused-ring (bicyclic) bond motifs is 1. The van der Waals surface area contributed by atoms with E-state index in [1.165, 1.54) is 12.1 Å². The lowest BCUT2D eigenvalue weighted by molar-refractivity contribution is 0.626. The summed E-state index contributed by atoms with van der Waals surface area (Å²) in [5.41, 5.74) is 3.42. The summed E-state index contributed by atoms with van der Waals surface area (Å²) in [6.07, 6.45) is 3.32. The van der Waals surface area contributed by atoms with Gasteiger partial charge in [-0.15, -0.1) is 0 Å². The number of hydrogen-bond acceptors (Lipinski definition) is 3. The molecule has 1 aromatic heterocycles. The number of aromatic nitrogens is 2. The first-order valence-electron chi connectivity index (χ1n) is 6.56. The summed E-state index contributed by atoms with van der Waals surface area (Å²) in [6, 6.07) is 10.1. The molecule has 0 fully saturated rings. The molecule has 106 valence electrons. The summed E-state index contributed by atoms with van der Waals surface area (Å²) in [6.45, 7) is 1.97. The summed E-state index contributed by atoms with van der Waals surface area (Å²) >= 11 is 6.08. The van der Waals surface area contributed by atoms with Crippen molar-refractivity contribution in [1.82, 2.24) is 9.97 Å². The van der Waals surface area contributed by atoms with Gasteiger partial charge >= 0.3 is 0 Å². The lowest BCUT2D eigenvalue weighted by Crippen LogP contribution is -2.07. The third kappa shape index (κ3) is 2.95. The first-order valence-corrected chi connectivity index (χ1v) is 6.93. The van der Waals surface area contributed by atoms with Crippen LogP contribution in [0.25, 0.3) is 11.0 Å². The van der Waals surface area contributed by atoms with Crippen LogP contribution in [0, 0.1) is 5.82 Å². The minimum absolute atomic E-state index is 0.0489. The smallest absolute Gasteiger partial charge is 0.124 e. The van der Waals surface area contributed by atoms with E-state index in [2.05, 4.69) is 15.3 Å². The van der Waals surface area contributed by atoms with Gasteiger partial charge < -0.3 is 5.32 Å². The van der Waals surface area contributed by atoms with E-state index in [1.54, 1.807) is 18.5 Å². The van der Waals surface area contributed by atoms with E-state index in [-0.39, 0.29) is 11.9 Å². The summed E-state index contributed by atoms with van der Waals surface area (Å²) in [5, 5.41) is 3.75. The maximum Gasteiger partial charge on any atom is 0.124 e. The van der Waals surface area contributed by atoms with Crippen molar-refractivity contribution in [2.75, 3.05) is 5.32 Å². The number of hydrogen-bond donors (Lipinski definition) is 1. The predicted molar refractivity (Wildman–Crippen MR) is 83.0 cm³/mol. The number of benzene rings is 2. The van der Waals surface area contributed by atoms with Crippen molar-refractivity contribution in [1.29, 1.82) is 0 Å². The van der Waals surface area contributed by atoms with Gasteiger partial charge in [-0.1, -0.05) is 17.7 Å². The molecule has 0 spiro atoms. The van der Waals surface area contributed by atoms with Crippen LogP contribution in [-0.4, -0.2) is 9.97 Å². The lowest BCUT2D eigenvalue weighted by atomic mass is 10.1. The van der Waals surface area contributed by atoms with E-state index in [0.29, 0.717) is 5.02 Å². The highest BCUT2D eigenvalue weighted by Crippen LogP contribution is 2.27. The largest absolute Gasteiger partial charge is 0.378 e. The van der Waals surface area contributed by atoms with Gasteiger partial charge in [-0.3, -0.25) is 9.97 Å². The number of rotatable bonds is 3. The molecule has 0 aliphatic heterocycles. The SMILES string of the molecule is CC(Nc1ccc2nccnc2c1)c1ccc(F)cc1Cl. The van der Waals surface area contributed by atoms with Gasteiger partial charge in [-0.2, -0.15) is 0 Å². The van der Waals surface area contributed by atoms with Gasteiger partial charge in [-0.05, 0) is 42.8 Å². The Balaban J connectivity index is 1.87. The second-order valence-electron chi connectivity index (χ2n) is 4.79. The Morgan fingerprint density at radius 1 is 1.05 bits per heavy atom. The van der Waals surface area contributed by atoms with Crippen LogP contribution in [0.3, 0.4) is 0 Å². The number of nitrogens with one attached hydrogen (secondary N) is 1. The number of halogens is 2. The highest BCUT2D eigenvalue weighted by atomic mass is 35.5. The van der Waals surface area contributed by atoms with Crippen LogP contribution in [-0.2, 0) is 0 Å². The minimum Gasteiger partial charge on any atom is -0.378 e. The molecule has 1 atom stereocenters. The van der Waals surface area contributed by atoms with Crippen LogP contribution >= 0.6 is 11.6 Å². The van der Waals surface area contributed by atoms with Gasteiger partial charge in [-0.25, -0.2) is 4.39 Å². The van der Waals surface area contributed by atoms with E-state index in [4.69, 9.17) is 11.6 Å². The molecule has 1 unspecified atom stereocenters. The zero-order valence-electron chi connectivity index (χ0n) is 11.3. The number of nitrogens with zero attached hydrogens (tertiary/aromatic N) is 2. The standard InChI is InChI=1S/C16H13ClFN3/c1-10(13-4-2-11(18)8-14(13)17)21-12-3-5-15-16(9-12)20-7-6-19-15/h2-10,21H,1H3. The quantitative estimate of drug-likeness (QED) is 0.768. The van der Waals surface area contributed by atoms with Crippen LogP contribution in [0.1, 0.15) is 18.5 Å². The van der Waals surface area contributed by atoms with E-state index in [1.807, 2.05) is 25.1 Å². The fraction of sp³-hybridized carbons (Fsp3) is 0.125. The van der Waals surface area contributed by atoms with Crippen LogP contribution < -0.4 is 5.32 Å². The molecule has 0 aliphatic rings. The third-order valence-electron chi connectivity index (χ3n) is 3.28. The topological polar surface area (TPSA) is 37.8 Å². The average molecular weight is 302 g/mol. The van der Waals surface area contributed by atoms with Crippen molar-refractivity contribution in [3.8, 4) is 0 Å². The van der Waals surface area contributed by atoms with Crippen LogP contribution in [0.5, 0.6) is 0 Å². The molecule has 1 N–H and O–H groups in total. The maximum atomic E-state index is 13.1. The zero-order valence-corrected chi connectivity index (χ0v) is 12.1. The fourth-order valence-corrected chi connectivity index (χ4v) is 2.56. The molecule has 1 heterocycles. The van der Waals surface area contributed by atoms with Crippen molar-refractivity contribution in [3.63, 3.8) is 0 Å². The van der Waals surface area contributed by atoms with Crippen molar-refractivity contribution < 1.29 is 4.39 Å². The van der Waals surface area contributed by atoms with Gasteiger partial charge in [0, 0.05) is 29.1 Å². The van der Waals surface area contributed by atoms with Crippen molar-refractivity contribution >= 4 is 28.3 Å². The van der Waals surface area contributed by atoms with E-state index in [9.17, 15) is 4.39 Å². The molecule has 0 saturated heterocycles. The Kier molecular flexibility index (Phi) is 3.71. The molecular weight excluding hydrogens is 289 g/mol. The minimum atomic E-state index is -0.336. The molecular formula is C16H13ClFN3. The van der Waals surface area contributed by atoms with Gasteiger partial charge in [0.1, 0.15) is 5.82 Å². The van der Waals surface area contributed by atoms with Gasteiger partial charge in [0.25, 0.3) is 0 Å². The van der Waals surface area contributed by atoms with E-state index < -0.39 is 0 Å². The van der Waals surface area contributed by atoms with Crippen LogP contribution in [0.4, 0.5) is 10.1 Å². The summed E-state index contributed by atoms with van der Waals surface area (Å²) in [5.74, 6) is -0.336. The average Bonchev–Trinajstić information content (AvgIpc) is 2.47. The molecule has 3 rings (SSSR count). The molecule has 0 bridgehead atoms. The molecule has 0 aliphatic carbocycles. The Labute approximate surface area is 126 Å². The van der Waals surface area contributed by atoms with Crippen molar-refractivity contribution in [2.45, 2.75) is 13.0 Å². The van der Waals surface area contributed by atoms with Gasteiger partial charge in [0.15, 0.2) is 0 Å². The highest BCUT2D eigenvalue weighted by Gasteiger charge is 2.10. The Hall–Kier alpha value is -2.20. The molecule has 2 aromatic carbocycles. The lowest BCUT2D eigenvalue weighted by Gasteiger charge is -2.17. The van der Waals surface area contributed by atoms with Crippen LogP contribution in [0.2, 0.25) is 5.02 Å². The molecule has 0 saturated carbocycles. The van der Waals surface area contributed by atoms with Gasteiger partial charge in [0.05, 0.1) is 11.0 Å². The molecule has 3 nitrogen and oxygen atoms in total. The maximum absolute atomic E-state index is 13.1. The van der Waals surface area contributed by atoms with Crippen LogP contribution in [0.15, 0.2) is 48.8 Å². The first kappa shape index (κ1) is 13.8. The van der Waals surface area contributed by atoms with Crippen molar-refractivity contribution in [2.24, 2.45) is 0 Å². The molecule has 5 heteroatoms. The monoisotopic (exact) mass is 301 g/mol. The molecule has 21 heavy (non-hydrogen) atoms. The van der Waals surface area contributed by atoms with E-state index >= 15 is 0 Å². The second kappa shape index (κ2) is 5.66. The normalized spacial score (nSPS) is 12.3.